The van der Waals surface area contributed by atoms with Crippen LogP contribution in [-0.2, 0) is 18.9 Å². The van der Waals surface area contributed by atoms with E-state index in [0.29, 0.717) is 18.4 Å². The molecule has 0 saturated carbocycles. The summed E-state index contributed by atoms with van der Waals surface area (Å²) in [7, 11) is 0. The van der Waals surface area contributed by atoms with E-state index < -0.39 is 18.7 Å². The number of aliphatic hydroxyl groups is 2. The molecule has 2 aromatic rings. The molecule has 0 amide bonds. The number of phenolic OH excluding ortho intramolecular Hbond substituents is 1. The van der Waals surface area contributed by atoms with Crippen LogP contribution >= 0.6 is 12.6 Å². The topological polar surface area (TPSA) is 97.6 Å². The normalized spacial score (nSPS) is 27.9. The quantitative estimate of drug-likeness (QED) is 0.158. The molecule has 2 aliphatic heterocycles. The van der Waals surface area contributed by atoms with Gasteiger partial charge in [0.2, 0.25) is 0 Å². The maximum atomic E-state index is 11.0. The summed E-state index contributed by atoms with van der Waals surface area (Å²) in [6.45, 7) is 3.99. The van der Waals surface area contributed by atoms with Crippen LogP contribution in [0.25, 0.3) is 0 Å². The van der Waals surface area contributed by atoms with Crippen LogP contribution in [-0.4, -0.2) is 51.9 Å². The molecule has 8 unspecified atom stereocenters. The van der Waals surface area contributed by atoms with E-state index in [0.717, 1.165) is 74.7 Å². The maximum Gasteiger partial charge on any atom is 0.188 e. The summed E-state index contributed by atoms with van der Waals surface area (Å²) in [4.78, 5) is 0.894. The molecule has 234 valence electrons. The minimum atomic E-state index is -0.631. The lowest BCUT2D eigenvalue weighted by atomic mass is 9.95. The molecule has 7 nitrogen and oxygen atoms in total. The van der Waals surface area contributed by atoms with E-state index in [1.54, 1.807) is 12.1 Å². The molecule has 0 bridgehead atoms. The summed E-state index contributed by atoms with van der Waals surface area (Å²) in [6, 6.07) is 15.0. The average Bonchev–Trinajstić information content (AvgIpc) is 2.96. The fourth-order valence-corrected chi connectivity index (χ4v) is 6.13. The van der Waals surface area contributed by atoms with Crippen LogP contribution < -0.4 is 0 Å². The highest BCUT2D eigenvalue weighted by Gasteiger charge is 2.34. The average molecular weight is 603 g/mol. The highest BCUT2D eigenvalue weighted by Crippen LogP contribution is 2.38. The number of aliphatic hydroxyl groups excluding tert-OH is 2. The third-order valence-corrected chi connectivity index (χ3v) is 8.60. The zero-order valence-corrected chi connectivity index (χ0v) is 26.0. The fourth-order valence-electron chi connectivity index (χ4n) is 5.98. The van der Waals surface area contributed by atoms with Gasteiger partial charge in [-0.3, -0.25) is 0 Å². The van der Waals surface area contributed by atoms with Gasteiger partial charge in [0.15, 0.2) is 12.6 Å². The van der Waals surface area contributed by atoms with Crippen LogP contribution in [0.2, 0.25) is 0 Å². The van der Waals surface area contributed by atoms with Gasteiger partial charge >= 0.3 is 0 Å². The van der Waals surface area contributed by atoms with Gasteiger partial charge < -0.3 is 34.3 Å². The van der Waals surface area contributed by atoms with Crippen LogP contribution in [0.5, 0.6) is 5.75 Å². The van der Waals surface area contributed by atoms with Crippen molar-refractivity contribution in [2.45, 2.75) is 145 Å². The molecule has 8 heteroatoms. The van der Waals surface area contributed by atoms with Gasteiger partial charge in [-0.25, -0.2) is 0 Å². The molecule has 2 aromatic carbocycles. The van der Waals surface area contributed by atoms with Gasteiger partial charge in [-0.1, -0.05) is 50.1 Å². The standard InChI is InChI=1S/C34H50O7S/c1-3-4-11-26-22-29(41-34(40-26)31-14-5-6-15-32(31)37)20-25(36)10-8-13-28-21-27(12-7-9-23(2)35)38-33(39-28)24-16-18-30(42)19-17-24/h5-6,14-19,23,25-29,33-37,42H,3-4,7-13,20-22H2,1-2H3. The number of para-hydroxylation sites is 1. The van der Waals surface area contributed by atoms with E-state index in [2.05, 4.69) is 19.6 Å². The molecule has 3 N–H and O–H groups in total. The number of ether oxygens (including phenoxy) is 4. The van der Waals surface area contributed by atoms with Crippen molar-refractivity contribution < 1.29 is 34.3 Å². The predicted octanol–water partition coefficient (Wildman–Crippen LogP) is 7.39. The van der Waals surface area contributed by atoms with E-state index in [1.165, 1.54) is 0 Å². The van der Waals surface area contributed by atoms with Gasteiger partial charge in [-0.2, -0.15) is 0 Å². The lowest BCUT2D eigenvalue weighted by Gasteiger charge is -2.37. The largest absolute Gasteiger partial charge is 0.507 e. The van der Waals surface area contributed by atoms with E-state index >= 15 is 0 Å². The third kappa shape index (κ3) is 10.5. The van der Waals surface area contributed by atoms with Gasteiger partial charge in [-0.05, 0) is 76.5 Å². The number of rotatable bonds is 15. The van der Waals surface area contributed by atoms with Gasteiger partial charge in [0.25, 0.3) is 0 Å². The van der Waals surface area contributed by atoms with Crippen molar-refractivity contribution >= 4 is 12.6 Å². The van der Waals surface area contributed by atoms with Gasteiger partial charge in [0.1, 0.15) is 5.75 Å². The minimum Gasteiger partial charge on any atom is -0.507 e. The molecule has 4 rings (SSSR count). The maximum absolute atomic E-state index is 11.0. The number of benzene rings is 2. The van der Waals surface area contributed by atoms with Crippen LogP contribution in [0.15, 0.2) is 53.4 Å². The fraction of sp³-hybridized carbons (Fsp3) is 0.647. The van der Waals surface area contributed by atoms with Crippen molar-refractivity contribution in [1.82, 2.24) is 0 Å². The Bertz CT molecular complexity index is 1050. The Kier molecular flexibility index (Phi) is 13.5. The summed E-state index contributed by atoms with van der Waals surface area (Å²) in [5, 5.41) is 31.1. The van der Waals surface area contributed by atoms with Gasteiger partial charge in [-0.15, -0.1) is 12.6 Å². The number of aromatic hydroxyl groups is 1. The first-order valence-corrected chi connectivity index (χ1v) is 16.3. The molecule has 2 heterocycles. The van der Waals surface area contributed by atoms with E-state index in [9.17, 15) is 15.3 Å². The lowest BCUT2D eigenvalue weighted by molar-refractivity contribution is -0.254. The minimum absolute atomic E-state index is 0.0337. The molecule has 0 radical (unpaired) electrons. The van der Waals surface area contributed by atoms with Crippen LogP contribution in [0.1, 0.15) is 115 Å². The summed E-state index contributed by atoms with van der Waals surface area (Å²) < 4.78 is 25.2. The Labute approximate surface area is 256 Å². The SMILES string of the molecule is CCCCC1CC(CC(O)CCCC2CC(CCCC(C)O)OC(c3ccc(S)cc3)O2)OC(c2ccccc2O)O1. The van der Waals surface area contributed by atoms with Crippen molar-refractivity contribution in [2.75, 3.05) is 0 Å². The highest BCUT2D eigenvalue weighted by atomic mass is 32.1. The molecule has 8 atom stereocenters. The van der Waals surface area contributed by atoms with Crippen molar-refractivity contribution in [2.24, 2.45) is 0 Å². The second kappa shape index (κ2) is 17.0. The lowest BCUT2D eigenvalue weighted by Crippen LogP contribution is -2.36. The third-order valence-electron chi connectivity index (χ3n) is 8.30. The smallest absolute Gasteiger partial charge is 0.188 e. The Morgan fingerprint density at radius 1 is 0.762 bits per heavy atom. The van der Waals surface area contributed by atoms with Crippen LogP contribution in [0, 0.1) is 0 Å². The van der Waals surface area contributed by atoms with Crippen molar-refractivity contribution in [3.8, 4) is 5.75 Å². The number of unbranched alkanes of at least 4 members (excludes halogenated alkanes) is 1. The second-order valence-electron chi connectivity index (χ2n) is 12.1. The molecule has 2 fully saturated rings. The Balaban J connectivity index is 1.30. The van der Waals surface area contributed by atoms with Crippen molar-refractivity contribution in [3.05, 3.63) is 59.7 Å². The first-order valence-electron chi connectivity index (χ1n) is 15.9. The second-order valence-corrected chi connectivity index (χ2v) is 12.6. The monoisotopic (exact) mass is 602 g/mol. The van der Waals surface area contributed by atoms with Gasteiger partial charge in [0.05, 0.1) is 36.6 Å². The number of hydrogen-bond acceptors (Lipinski definition) is 8. The Morgan fingerprint density at radius 2 is 1.33 bits per heavy atom. The summed E-state index contributed by atoms with van der Waals surface area (Å²) in [5.41, 5.74) is 1.61. The summed E-state index contributed by atoms with van der Waals surface area (Å²) in [5.74, 6) is 0.165. The molecule has 42 heavy (non-hydrogen) atoms. The van der Waals surface area contributed by atoms with Crippen molar-refractivity contribution in [1.29, 1.82) is 0 Å². The zero-order chi connectivity index (χ0) is 29.9. The van der Waals surface area contributed by atoms with E-state index in [4.69, 9.17) is 18.9 Å². The first-order chi connectivity index (χ1) is 20.3. The molecule has 0 aromatic heterocycles. The van der Waals surface area contributed by atoms with Gasteiger partial charge in [0, 0.05) is 28.9 Å². The van der Waals surface area contributed by atoms with Crippen LogP contribution in [0.3, 0.4) is 0 Å². The Hall–Kier alpha value is -1.65. The molecule has 0 spiro atoms. The summed E-state index contributed by atoms with van der Waals surface area (Å²) in [6.07, 6.45) is 8.18. The molecular weight excluding hydrogens is 552 g/mol. The van der Waals surface area contributed by atoms with Crippen LogP contribution in [0.4, 0.5) is 0 Å². The highest BCUT2D eigenvalue weighted by molar-refractivity contribution is 7.80. The number of thiol groups is 1. The molecular formula is C34H50O7S. The van der Waals surface area contributed by atoms with E-state index in [-0.39, 0.29) is 36.3 Å². The number of phenols is 1. The first kappa shape index (κ1) is 33.2. The number of hydrogen-bond donors (Lipinski definition) is 4. The molecule has 2 aliphatic rings. The molecule has 2 saturated heterocycles. The predicted molar refractivity (Wildman–Crippen MR) is 166 cm³/mol. The Morgan fingerprint density at radius 3 is 1.98 bits per heavy atom. The van der Waals surface area contributed by atoms with Crippen molar-refractivity contribution in [3.63, 3.8) is 0 Å². The van der Waals surface area contributed by atoms with E-state index in [1.807, 2.05) is 43.3 Å². The zero-order valence-electron chi connectivity index (χ0n) is 25.1. The molecule has 0 aliphatic carbocycles. The summed E-state index contributed by atoms with van der Waals surface area (Å²) >= 11 is 4.40.